The Labute approximate surface area is 105 Å². The van der Waals surface area contributed by atoms with Crippen molar-refractivity contribution in [3.05, 3.63) is 11.9 Å². The summed E-state index contributed by atoms with van der Waals surface area (Å²) in [5.41, 5.74) is 1.12. The van der Waals surface area contributed by atoms with Crippen LogP contribution in [-0.4, -0.2) is 26.4 Å². The molecule has 0 atom stereocenters. The van der Waals surface area contributed by atoms with Crippen molar-refractivity contribution in [1.29, 1.82) is 0 Å². The van der Waals surface area contributed by atoms with Gasteiger partial charge in [0.05, 0.1) is 5.75 Å². The lowest BCUT2D eigenvalue weighted by atomic mass is 9.83. The maximum Gasteiger partial charge on any atom is 0.313 e. The molecule has 0 spiro atoms. The summed E-state index contributed by atoms with van der Waals surface area (Å²) in [6.45, 7) is 3.00. The number of carbonyl (C=O) groups is 1. The van der Waals surface area contributed by atoms with E-state index < -0.39 is 5.97 Å². The van der Waals surface area contributed by atoms with Gasteiger partial charge in [-0.25, -0.2) is 4.98 Å². The summed E-state index contributed by atoms with van der Waals surface area (Å²) in [5.74, 6) is 0.162. The van der Waals surface area contributed by atoms with Crippen LogP contribution in [0.25, 0.3) is 0 Å². The topological polar surface area (TPSA) is 55.1 Å². The number of hydrogen-bond acceptors (Lipinski definition) is 3. The molecule has 5 heteroatoms. The summed E-state index contributed by atoms with van der Waals surface area (Å²) in [6.07, 6.45) is 7.09. The Balaban J connectivity index is 1.93. The lowest BCUT2D eigenvalue weighted by Gasteiger charge is -2.25. The molecule has 1 aromatic rings. The first kappa shape index (κ1) is 12.5. The smallest absolute Gasteiger partial charge is 0.313 e. The second kappa shape index (κ2) is 5.58. The monoisotopic (exact) mass is 254 g/mol. The number of thioether (sulfide) groups is 1. The molecule has 17 heavy (non-hydrogen) atoms. The lowest BCUT2D eigenvalue weighted by Crippen LogP contribution is -2.15. The molecule has 1 saturated carbocycles. The normalized spacial score (nSPS) is 15.8. The van der Waals surface area contributed by atoms with Crippen molar-refractivity contribution in [3.8, 4) is 0 Å². The number of nitrogens with zero attached hydrogens (tertiary/aromatic N) is 2. The van der Waals surface area contributed by atoms with Gasteiger partial charge < -0.3 is 9.67 Å². The number of rotatable bonds is 6. The van der Waals surface area contributed by atoms with Gasteiger partial charge >= 0.3 is 5.97 Å². The predicted octanol–water partition coefficient (Wildman–Crippen LogP) is 2.56. The molecular formula is C12H18N2O2S. The van der Waals surface area contributed by atoms with E-state index in [1.165, 1.54) is 37.4 Å². The zero-order valence-electron chi connectivity index (χ0n) is 10.1. The molecule has 94 valence electrons. The molecule has 1 aliphatic carbocycles. The first-order chi connectivity index (χ1) is 8.16. The number of aryl methyl sites for hydroxylation is 1. The van der Waals surface area contributed by atoms with Crippen LogP contribution >= 0.6 is 11.8 Å². The van der Waals surface area contributed by atoms with E-state index in [4.69, 9.17) is 5.11 Å². The van der Waals surface area contributed by atoms with Crippen LogP contribution < -0.4 is 0 Å². The number of carboxylic acid groups (broad SMARTS) is 1. The molecule has 4 nitrogen and oxygen atoms in total. The summed E-state index contributed by atoms with van der Waals surface area (Å²) in [5, 5.41) is 9.52. The number of carboxylic acids is 1. The summed E-state index contributed by atoms with van der Waals surface area (Å²) in [4.78, 5) is 14.8. The fourth-order valence-corrected chi connectivity index (χ4v) is 2.82. The van der Waals surface area contributed by atoms with E-state index in [0.717, 1.165) is 23.3 Å². The molecule has 1 N–H and O–H groups in total. The predicted molar refractivity (Wildman–Crippen MR) is 67.3 cm³/mol. The SMILES string of the molecule is Cc1cnc(SCC(=O)O)n1CCC1CCC1. The van der Waals surface area contributed by atoms with Crippen molar-refractivity contribution < 1.29 is 9.90 Å². The molecule has 1 aliphatic rings. The second-order valence-corrected chi connectivity index (χ2v) is 5.54. The molecule has 0 aliphatic heterocycles. The van der Waals surface area contributed by atoms with E-state index >= 15 is 0 Å². The summed E-state index contributed by atoms with van der Waals surface area (Å²) < 4.78 is 2.14. The van der Waals surface area contributed by atoms with Crippen molar-refractivity contribution in [2.45, 2.75) is 44.3 Å². The Morgan fingerprint density at radius 2 is 2.41 bits per heavy atom. The Morgan fingerprint density at radius 3 is 3.00 bits per heavy atom. The van der Waals surface area contributed by atoms with Gasteiger partial charge in [0.2, 0.25) is 0 Å². The number of imidazole rings is 1. The van der Waals surface area contributed by atoms with Crippen LogP contribution in [0.5, 0.6) is 0 Å². The summed E-state index contributed by atoms with van der Waals surface area (Å²) in [7, 11) is 0. The quantitative estimate of drug-likeness (QED) is 0.793. The Hall–Kier alpha value is -0.970. The van der Waals surface area contributed by atoms with Gasteiger partial charge in [0.1, 0.15) is 0 Å². The third-order valence-electron chi connectivity index (χ3n) is 3.33. The zero-order chi connectivity index (χ0) is 12.3. The van der Waals surface area contributed by atoms with Gasteiger partial charge in [-0.15, -0.1) is 0 Å². The first-order valence-electron chi connectivity index (χ1n) is 6.03. The highest BCUT2D eigenvalue weighted by Gasteiger charge is 2.18. The van der Waals surface area contributed by atoms with Gasteiger partial charge in [0, 0.05) is 18.4 Å². The van der Waals surface area contributed by atoms with Crippen LogP contribution in [0.4, 0.5) is 0 Å². The molecule has 2 rings (SSSR count). The van der Waals surface area contributed by atoms with Gasteiger partial charge in [0.25, 0.3) is 0 Å². The fraction of sp³-hybridized carbons (Fsp3) is 0.667. The van der Waals surface area contributed by atoms with Crippen molar-refractivity contribution in [3.63, 3.8) is 0 Å². The summed E-state index contributed by atoms with van der Waals surface area (Å²) in [6, 6.07) is 0. The molecular weight excluding hydrogens is 236 g/mol. The van der Waals surface area contributed by atoms with Crippen molar-refractivity contribution in [2.75, 3.05) is 5.75 Å². The third kappa shape index (κ3) is 3.25. The molecule has 0 aromatic carbocycles. The number of hydrogen-bond donors (Lipinski definition) is 1. The standard InChI is InChI=1S/C12H18N2O2S/c1-9-7-13-12(17-8-11(15)16)14(9)6-5-10-3-2-4-10/h7,10H,2-6,8H2,1H3,(H,15,16). The van der Waals surface area contributed by atoms with E-state index in [1.807, 2.05) is 13.1 Å². The van der Waals surface area contributed by atoms with Crippen LogP contribution in [0.3, 0.4) is 0 Å². The van der Waals surface area contributed by atoms with E-state index in [1.54, 1.807) is 0 Å². The minimum absolute atomic E-state index is 0.0832. The average molecular weight is 254 g/mol. The number of aliphatic carboxylic acids is 1. The lowest BCUT2D eigenvalue weighted by molar-refractivity contribution is -0.133. The highest BCUT2D eigenvalue weighted by Crippen LogP contribution is 2.30. The van der Waals surface area contributed by atoms with E-state index in [0.29, 0.717) is 0 Å². The Kier molecular flexibility index (Phi) is 4.10. The minimum Gasteiger partial charge on any atom is -0.481 e. The summed E-state index contributed by atoms with van der Waals surface area (Å²) >= 11 is 1.31. The van der Waals surface area contributed by atoms with Gasteiger partial charge in [-0.1, -0.05) is 31.0 Å². The van der Waals surface area contributed by atoms with Crippen LogP contribution in [0.1, 0.15) is 31.4 Å². The maximum absolute atomic E-state index is 10.6. The van der Waals surface area contributed by atoms with Gasteiger partial charge in [0.15, 0.2) is 5.16 Å². The van der Waals surface area contributed by atoms with E-state index in [-0.39, 0.29) is 5.75 Å². The van der Waals surface area contributed by atoms with E-state index in [2.05, 4.69) is 9.55 Å². The van der Waals surface area contributed by atoms with Crippen molar-refractivity contribution >= 4 is 17.7 Å². The zero-order valence-corrected chi connectivity index (χ0v) is 10.9. The van der Waals surface area contributed by atoms with Crippen LogP contribution in [0, 0.1) is 12.8 Å². The first-order valence-corrected chi connectivity index (χ1v) is 7.02. The third-order valence-corrected chi connectivity index (χ3v) is 4.30. The van der Waals surface area contributed by atoms with Crippen molar-refractivity contribution in [2.24, 2.45) is 5.92 Å². The second-order valence-electron chi connectivity index (χ2n) is 4.60. The molecule has 0 bridgehead atoms. The molecule has 0 amide bonds. The maximum atomic E-state index is 10.6. The fourth-order valence-electron chi connectivity index (χ4n) is 2.05. The highest BCUT2D eigenvalue weighted by molar-refractivity contribution is 7.99. The molecule has 1 fully saturated rings. The number of aromatic nitrogens is 2. The highest BCUT2D eigenvalue weighted by atomic mass is 32.2. The Morgan fingerprint density at radius 1 is 1.65 bits per heavy atom. The van der Waals surface area contributed by atoms with Crippen LogP contribution in [0.15, 0.2) is 11.4 Å². The molecule has 1 aromatic heterocycles. The van der Waals surface area contributed by atoms with Crippen molar-refractivity contribution in [1.82, 2.24) is 9.55 Å². The largest absolute Gasteiger partial charge is 0.481 e. The van der Waals surface area contributed by atoms with Gasteiger partial charge in [-0.3, -0.25) is 4.79 Å². The molecule has 0 radical (unpaired) electrons. The van der Waals surface area contributed by atoms with Gasteiger partial charge in [-0.2, -0.15) is 0 Å². The minimum atomic E-state index is -0.791. The van der Waals surface area contributed by atoms with Gasteiger partial charge in [-0.05, 0) is 19.3 Å². The molecule has 0 unspecified atom stereocenters. The van der Waals surface area contributed by atoms with Crippen LogP contribution in [0.2, 0.25) is 0 Å². The van der Waals surface area contributed by atoms with E-state index in [9.17, 15) is 4.79 Å². The molecule has 0 saturated heterocycles. The average Bonchev–Trinajstić information content (AvgIpc) is 2.55. The Bertz CT molecular complexity index is 399. The molecule has 1 heterocycles. The van der Waals surface area contributed by atoms with Crippen LogP contribution in [-0.2, 0) is 11.3 Å².